The molecule has 4 N–H and O–H groups in total. The molecule has 0 fully saturated rings. The van der Waals surface area contributed by atoms with Crippen LogP contribution >= 0.6 is 0 Å². The Morgan fingerprint density at radius 3 is 2.69 bits per heavy atom. The number of likely N-dealkylation sites (N-methyl/N-ethyl adjacent to an activating group) is 1. The molecule has 0 saturated carbocycles. The van der Waals surface area contributed by atoms with Gasteiger partial charge in [-0.25, -0.2) is 0 Å². The van der Waals surface area contributed by atoms with Crippen molar-refractivity contribution >= 4 is 10.1 Å². The number of nitrogens with one attached hydrogen (secondary N) is 1. The number of aromatic hydroxyl groups is 2. The van der Waals surface area contributed by atoms with E-state index in [1.54, 1.807) is 0 Å². The summed E-state index contributed by atoms with van der Waals surface area (Å²) >= 11 is 0. The fraction of sp³-hybridized carbons (Fsp3) is 0.333. The van der Waals surface area contributed by atoms with Crippen molar-refractivity contribution in [2.24, 2.45) is 0 Å². The quantitative estimate of drug-likeness (QED) is 0.450. The Hall–Kier alpha value is -1.31. The molecule has 0 aliphatic heterocycles. The summed E-state index contributed by atoms with van der Waals surface area (Å²) in [5.41, 5.74) is -0.607. The SMILES string of the molecule is [2H]c1cc(C([2H])(CNC)S(=O)(=O)O)c([2H])c(O)c1O. The minimum absolute atomic E-state index is 0.568. The second kappa shape index (κ2) is 4.69. The average molecular weight is 250 g/mol. The first-order valence-corrected chi connectivity index (χ1v) is 5.64. The average Bonchev–Trinajstić information content (AvgIpc) is 2.30. The van der Waals surface area contributed by atoms with Crippen LogP contribution in [0.3, 0.4) is 0 Å². The largest absolute Gasteiger partial charge is 0.504 e. The minimum atomic E-state index is -4.94. The third kappa shape index (κ3) is 2.84. The lowest BCUT2D eigenvalue weighted by molar-refractivity contribution is 0.402. The zero-order chi connectivity index (χ0) is 15.0. The van der Waals surface area contributed by atoms with Crippen LogP contribution in [0.5, 0.6) is 11.5 Å². The lowest BCUT2D eigenvalue weighted by atomic mass is 10.1. The Morgan fingerprint density at radius 2 is 2.19 bits per heavy atom. The molecule has 0 spiro atoms. The van der Waals surface area contributed by atoms with E-state index in [1.807, 2.05) is 0 Å². The number of benzene rings is 1. The van der Waals surface area contributed by atoms with E-state index >= 15 is 0 Å². The van der Waals surface area contributed by atoms with Crippen LogP contribution < -0.4 is 5.32 Å². The maximum absolute atomic E-state index is 11.3. The highest BCUT2D eigenvalue weighted by Crippen LogP contribution is 2.30. The van der Waals surface area contributed by atoms with Gasteiger partial charge in [-0.3, -0.25) is 4.55 Å². The van der Waals surface area contributed by atoms with Crippen molar-refractivity contribution in [1.29, 1.82) is 0 Å². The summed E-state index contributed by atoms with van der Waals surface area (Å²) in [6, 6.07) is -0.744. The van der Waals surface area contributed by atoms with E-state index in [2.05, 4.69) is 5.32 Å². The van der Waals surface area contributed by atoms with Gasteiger partial charge < -0.3 is 15.5 Å². The summed E-state index contributed by atoms with van der Waals surface area (Å²) in [4.78, 5) is 0. The summed E-state index contributed by atoms with van der Waals surface area (Å²) in [5.74, 6) is -1.91. The predicted molar refractivity (Wildman–Crippen MR) is 58.0 cm³/mol. The number of phenolic OH excluding ortho intramolecular Hbond substituents is 2. The van der Waals surface area contributed by atoms with Gasteiger partial charge in [0.2, 0.25) is 0 Å². The summed E-state index contributed by atoms with van der Waals surface area (Å²) in [7, 11) is -3.61. The van der Waals surface area contributed by atoms with Gasteiger partial charge in [0.1, 0.15) is 5.23 Å². The number of rotatable bonds is 4. The van der Waals surface area contributed by atoms with Gasteiger partial charge in [0.05, 0.1) is 4.11 Å². The Labute approximate surface area is 97.5 Å². The fourth-order valence-corrected chi connectivity index (χ4v) is 1.78. The number of hydrogen-bond acceptors (Lipinski definition) is 5. The van der Waals surface area contributed by atoms with Crippen molar-refractivity contribution in [2.45, 2.75) is 5.23 Å². The Kier molecular flexibility index (Phi) is 2.58. The van der Waals surface area contributed by atoms with Crippen LogP contribution in [0.1, 0.15) is 14.9 Å². The normalized spacial score (nSPS) is 18.2. The van der Waals surface area contributed by atoms with E-state index in [0.29, 0.717) is 0 Å². The van der Waals surface area contributed by atoms with Gasteiger partial charge in [0, 0.05) is 6.54 Å². The van der Waals surface area contributed by atoms with Crippen LogP contribution in [0.4, 0.5) is 0 Å². The highest BCUT2D eigenvalue weighted by molar-refractivity contribution is 7.86. The van der Waals surface area contributed by atoms with Gasteiger partial charge in [0.25, 0.3) is 10.1 Å². The molecule has 7 heteroatoms. The van der Waals surface area contributed by atoms with E-state index in [1.165, 1.54) is 7.05 Å². The van der Waals surface area contributed by atoms with Gasteiger partial charge in [-0.15, -0.1) is 0 Å². The summed E-state index contributed by atoms with van der Waals surface area (Å²) < 4.78 is 54.5. The van der Waals surface area contributed by atoms with Crippen molar-refractivity contribution < 1.29 is 27.3 Å². The zero-order valence-corrected chi connectivity index (χ0v) is 9.17. The van der Waals surface area contributed by atoms with Crippen LogP contribution in [-0.4, -0.2) is 36.8 Å². The van der Waals surface area contributed by atoms with Crippen LogP contribution in [0.2, 0.25) is 0 Å². The third-order valence-corrected chi connectivity index (χ3v) is 2.77. The third-order valence-electron chi connectivity index (χ3n) is 1.78. The highest BCUT2D eigenvalue weighted by Gasteiger charge is 2.25. The maximum Gasteiger partial charge on any atom is 0.273 e. The van der Waals surface area contributed by atoms with Gasteiger partial charge in [-0.2, -0.15) is 8.42 Å². The molecule has 0 radical (unpaired) electrons. The van der Waals surface area contributed by atoms with Crippen molar-refractivity contribution in [3.8, 4) is 11.5 Å². The standard InChI is InChI=1S/C9H13NO5S/c1-10-5-9(16(13,14)15)6-2-3-7(11)8(12)4-6/h2-4,9-12H,5H2,1H3,(H,13,14,15)/i3D,4D,9D. The molecule has 90 valence electrons. The zero-order valence-electron chi connectivity index (χ0n) is 11.4. The van der Waals surface area contributed by atoms with E-state index in [9.17, 15) is 18.6 Å². The van der Waals surface area contributed by atoms with E-state index < -0.39 is 51.0 Å². The Balaban J connectivity index is 3.67. The van der Waals surface area contributed by atoms with Gasteiger partial charge in [0.15, 0.2) is 11.5 Å². The van der Waals surface area contributed by atoms with Crippen molar-refractivity contribution in [1.82, 2.24) is 5.32 Å². The maximum atomic E-state index is 11.3. The molecule has 0 bridgehead atoms. The molecule has 1 aromatic rings. The molecule has 0 aliphatic carbocycles. The molecule has 0 heterocycles. The molecular formula is C9H13NO5S. The molecule has 1 rings (SSSR count). The first-order chi connectivity index (χ1) is 8.56. The lowest BCUT2D eigenvalue weighted by Crippen LogP contribution is -2.24. The summed E-state index contributed by atoms with van der Waals surface area (Å²) in [6.45, 7) is -0.568. The second-order valence-corrected chi connectivity index (χ2v) is 4.40. The minimum Gasteiger partial charge on any atom is -0.504 e. The molecule has 1 atom stereocenters. The van der Waals surface area contributed by atoms with Crippen LogP contribution in [0.25, 0.3) is 0 Å². The molecule has 6 nitrogen and oxygen atoms in total. The Bertz CT molecular complexity index is 606. The monoisotopic (exact) mass is 250 g/mol. The van der Waals surface area contributed by atoms with Crippen molar-refractivity contribution in [3.63, 3.8) is 0 Å². The molecular weight excluding hydrogens is 234 g/mol. The molecule has 0 saturated heterocycles. The van der Waals surface area contributed by atoms with Gasteiger partial charge in [-0.05, 0) is 24.7 Å². The molecule has 0 amide bonds. The molecule has 1 unspecified atom stereocenters. The molecule has 16 heavy (non-hydrogen) atoms. The van der Waals surface area contributed by atoms with Crippen molar-refractivity contribution in [2.75, 3.05) is 13.6 Å². The smallest absolute Gasteiger partial charge is 0.273 e. The summed E-state index contributed by atoms with van der Waals surface area (Å²) in [5, 5.41) is 18.4. The topological polar surface area (TPSA) is 107 Å². The summed E-state index contributed by atoms with van der Waals surface area (Å²) in [6.07, 6.45) is 0. The second-order valence-electron chi connectivity index (χ2n) is 2.95. The molecule has 0 aliphatic rings. The van der Waals surface area contributed by atoms with Crippen LogP contribution in [-0.2, 0) is 10.1 Å². The first-order valence-electron chi connectivity index (χ1n) is 5.70. The highest BCUT2D eigenvalue weighted by atomic mass is 32.2. The fourth-order valence-electron chi connectivity index (χ4n) is 1.07. The lowest BCUT2D eigenvalue weighted by Gasteiger charge is -2.14. The van der Waals surface area contributed by atoms with E-state index in [4.69, 9.17) is 8.67 Å². The first kappa shape index (κ1) is 8.80. The Morgan fingerprint density at radius 1 is 1.56 bits per heavy atom. The van der Waals surface area contributed by atoms with E-state index in [-0.39, 0.29) is 0 Å². The van der Waals surface area contributed by atoms with Gasteiger partial charge >= 0.3 is 0 Å². The molecule has 1 aromatic carbocycles. The number of phenols is 2. The number of hydrogen-bond donors (Lipinski definition) is 4. The molecule has 0 aromatic heterocycles. The van der Waals surface area contributed by atoms with Crippen LogP contribution in [0, 0.1) is 0 Å². The van der Waals surface area contributed by atoms with Crippen molar-refractivity contribution in [3.05, 3.63) is 23.7 Å². The van der Waals surface area contributed by atoms with Gasteiger partial charge in [-0.1, -0.05) is 6.07 Å². The van der Waals surface area contributed by atoms with Crippen LogP contribution in [0.15, 0.2) is 18.2 Å². The predicted octanol–water partition coefficient (Wildman–Crippen LogP) is 0.246. The van der Waals surface area contributed by atoms with E-state index in [0.717, 1.165) is 6.07 Å².